The highest BCUT2D eigenvalue weighted by molar-refractivity contribution is 9.10. The summed E-state index contributed by atoms with van der Waals surface area (Å²) in [5.41, 5.74) is 1.26. The number of benzene rings is 1. The van der Waals surface area contributed by atoms with Crippen molar-refractivity contribution in [1.29, 1.82) is 0 Å². The van der Waals surface area contributed by atoms with E-state index in [1.54, 1.807) is 6.07 Å². The van der Waals surface area contributed by atoms with Gasteiger partial charge in [0.2, 0.25) is 0 Å². The fourth-order valence-electron chi connectivity index (χ4n) is 2.00. The Morgan fingerprint density at radius 3 is 2.68 bits per heavy atom. The van der Waals surface area contributed by atoms with Crippen LogP contribution in [0.5, 0.6) is 0 Å². The van der Waals surface area contributed by atoms with Crippen molar-refractivity contribution in [2.24, 2.45) is 5.92 Å². The summed E-state index contributed by atoms with van der Waals surface area (Å²) >= 11 is 3.29. The highest BCUT2D eigenvalue weighted by Crippen LogP contribution is 2.22. The lowest BCUT2D eigenvalue weighted by molar-refractivity contribution is 0.0696. The molecule has 1 rings (SSSR count). The molecule has 1 aromatic carbocycles. The van der Waals surface area contributed by atoms with Crippen LogP contribution in [-0.4, -0.2) is 17.6 Å². The number of unbranched alkanes of at least 4 members (excludes halogenated alkanes) is 1. The molecule has 0 fully saturated rings. The number of halogens is 1. The molecule has 0 aromatic heterocycles. The Hall–Kier alpha value is -1.03. The van der Waals surface area contributed by atoms with Gasteiger partial charge in [0, 0.05) is 16.7 Å². The van der Waals surface area contributed by atoms with Crippen LogP contribution in [-0.2, 0) is 0 Å². The van der Waals surface area contributed by atoms with E-state index in [-0.39, 0.29) is 0 Å². The number of carboxylic acids is 1. The Balaban J connectivity index is 2.57. The second-order valence-corrected chi connectivity index (χ2v) is 5.65. The van der Waals surface area contributed by atoms with Crippen molar-refractivity contribution in [3.63, 3.8) is 0 Å². The van der Waals surface area contributed by atoms with E-state index in [0.717, 1.165) is 12.2 Å². The second kappa shape index (κ2) is 8.20. The monoisotopic (exact) mass is 327 g/mol. The van der Waals surface area contributed by atoms with Crippen LogP contribution in [0.4, 0.5) is 5.69 Å². The van der Waals surface area contributed by atoms with Gasteiger partial charge in [-0.15, -0.1) is 0 Å². The van der Waals surface area contributed by atoms with Crippen molar-refractivity contribution in [2.45, 2.75) is 39.5 Å². The fraction of sp³-hybridized carbons (Fsp3) is 0.533. The zero-order valence-electron chi connectivity index (χ0n) is 11.6. The molecule has 106 valence electrons. The van der Waals surface area contributed by atoms with Crippen LogP contribution >= 0.6 is 15.9 Å². The lowest BCUT2D eigenvalue weighted by atomic mass is 9.99. The first-order chi connectivity index (χ1) is 9.08. The van der Waals surface area contributed by atoms with Crippen LogP contribution in [0.2, 0.25) is 0 Å². The first-order valence-electron chi connectivity index (χ1n) is 6.85. The molecule has 0 bridgehead atoms. The molecule has 0 heterocycles. The molecule has 1 atom stereocenters. The SMILES string of the molecule is CCCCC(CC)CNc1ccc(C(=O)O)c(Br)c1. The standard InChI is InChI=1S/C15H22BrNO2/c1-3-5-6-11(4-2)10-17-12-7-8-13(15(18)19)14(16)9-12/h7-9,11,17H,3-6,10H2,1-2H3,(H,18,19). The van der Waals surface area contributed by atoms with E-state index in [1.807, 2.05) is 12.1 Å². The Morgan fingerprint density at radius 1 is 1.42 bits per heavy atom. The van der Waals surface area contributed by atoms with Gasteiger partial charge in [0.05, 0.1) is 5.56 Å². The molecule has 0 saturated carbocycles. The van der Waals surface area contributed by atoms with Crippen LogP contribution in [0.1, 0.15) is 49.9 Å². The number of nitrogens with one attached hydrogen (secondary N) is 1. The highest BCUT2D eigenvalue weighted by Gasteiger charge is 2.09. The first-order valence-corrected chi connectivity index (χ1v) is 7.64. The van der Waals surface area contributed by atoms with Crippen molar-refractivity contribution in [2.75, 3.05) is 11.9 Å². The van der Waals surface area contributed by atoms with E-state index in [1.165, 1.54) is 25.7 Å². The van der Waals surface area contributed by atoms with Gasteiger partial charge >= 0.3 is 5.97 Å². The average Bonchev–Trinajstić information content (AvgIpc) is 2.38. The molecule has 2 N–H and O–H groups in total. The maximum Gasteiger partial charge on any atom is 0.336 e. The molecule has 3 nitrogen and oxygen atoms in total. The molecule has 0 spiro atoms. The van der Waals surface area contributed by atoms with Crippen molar-refractivity contribution in [3.8, 4) is 0 Å². The zero-order valence-corrected chi connectivity index (χ0v) is 13.2. The molecule has 0 amide bonds. The number of aromatic carboxylic acids is 1. The number of carboxylic acid groups (broad SMARTS) is 1. The predicted molar refractivity (Wildman–Crippen MR) is 82.9 cm³/mol. The number of hydrogen-bond donors (Lipinski definition) is 2. The molecule has 1 unspecified atom stereocenters. The van der Waals surface area contributed by atoms with E-state index in [0.29, 0.717) is 16.0 Å². The quantitative estimate of drug-likeness (QED) is 0.722. The maximum absolute atomic E-state index is 10.9. The second-order valence-electron chi connectivity index (χ2n) is 4.80. The van der Waals surface area contributed by atoms with Gasteiger partial charge in [0.25, 0.3) is 0 Å². The van der Waals surface area contributed by atoms with Crippen molar-refractivity contribution in [3.05, 3.63) is 28.2 Å². The summed E-state index contributed by atoms with van der Waals surface area (Å²) in [5.74, 6) is -0.231. The summed E-state index contributed by atoms with van der Waals surface area (Å²) in [5, 5.41) is 12.3. The van der Waals surface area contributed by atoms with Crippen LogP contribution in [0.15, 0.2) is 22.7 Å². The highest BCUT2D eigenvalue weighted by atomic mass is 79.9. The zero-order chi connectivity index (χ0) is 14.3. The number of rotatable bonds is 8. The Morgan fingerprint density at radius 2 is 2.16 bits per heavy atom. The van der Waals surface area contributed by atoms with Gasteiger partial charge in [-0.05, 0) is 46.5 Å². The van der Waals surface area contributed by atoms with Crippen LogP contribution < -0.4 is 5.32 Å². The van der Waals surface area contributed by atoms with E-state index in [9.17, 15) is 4.79 Å². The first kappa shape index (κ1) is 16.0. The van der Waals surface area contributed by atoms with E-state index >= 15 is 0 Å². The lowest BCUT2D eigenvalue weighted by Gasteiger charge is -2.16. The summed E-state index contributed by atoms with van der Waals surface area (Å²) in [6.07, 6.45) is 4.91. The van der Waals surface area contributed by atoms with E-state index in [4.69, 9.17) is 5.11 Å². The van der Waals surface area contributed by atoms with E-state index < -0.39 is 5.97 Å². The number of anilines is 1. The van der Waals surface area contributed by atoms with Crippen LogP contribution in [0.25, 0.3) is 0 Å². The van der Waals surface area contributed by atoms with E-state index in [2.05, 4.69) is 35.1 Å². The largest absolute Gasteiger partial charge is 0.478 e. The molecule has 1 aromatic rings. The van der Waals surface area contributed by atoms with Crippen LogP contribution in [0, 0.1) is 5.92 Å². The van der Waals surface area contributed by atoms with Crippen molar-refractivity contribution in [1.82, 2.24) is 0 Å². The molecule has 0 aliphatic heterocycles. The minimum Gasteiger partial charge on any atom is -0.478 e. The summed E-state index contributed by atoms with van der Waals surface area (Å²) in [7, 11) is 0. The Bertz CT molecular complexity index is 421. The van der Waals surface area contributed by atoms with Gasteiger partial charge in [-0.3, -0.25) is 0 Å². The molecule has 0 saturated heterocycles. The normalized spacial score (nSPS) is 12.2. The van der Waals surface area contributed by atoms with Crippen molar-refractivity contribution < 1.29 is 9.90 Å². The summed E-state index contributed by atoms with van der Waals surface area (Å²) in [6, 6.07) is 5.28. The third kappa shape index (κ3) is 5.23. The Labute approximate surface area is 123 Å². The van der Waals surface area contributed by atoms with Gasteiger partial charge < -0.3 is 10.4 Å². The Kier molecular flexibility index (Phi) is 6.92. The average molecular weight is 328 g/mol. The lowest BCUT2D eigenvalue weighted by Crippen LogP contribution is -2.13. The number of hydrogen-bond acceptors (Lipinski definition) is 2. The smallest absolute Gasteiger partial charge is 0.336 e. The maximum atomic E-state index is 10.9. The van der Waals surface area contributed by atoms with Crippen molar-refractivity contribution >= 4 is 27.6 Å². The van der Waals surface area contributed by atoms with Gasteiger partial charge in [-0.2, -0.15) is 0 Å². The fourth-order valence-corrected chi connectivity index (χ4v) is 2.55. The molecule has 0 radical (unpaired) electrons. The summed E-state index contributed by atoms with van der Waals surface area (Å²) < 4.78 is 0.617. The third-order valence-electron chi connectivity index (χ3n) is 3.34. The van der Waals surface area contributed by atoms with Crippen LogP contribution in [0.3, 0.4) is 0 Å². The molecule has 0 aliphatic rings. The summed E-state index contributed by atoms with van der Waals surface area (Å²) in [4.78, 5) is 10.9. The van der Waals surface area contributed by atoms with Gasteiger partial charge in [-0.1, -0.05) is 33.1 Å². The summed E-state index contributed by atoms with van der Waals surface area (Å²) in [6.45, 7) is 5.36. The van der Waals surface area contributed by atoms with Gasteiger partial charge in [0.1, 0.15) is 0 Å². The molecular formula is C15H22BrNO2. The molecule has 4 heteroatoms. The molecule has 0 aliphatic carbocycles. The van der Waals surface area contributed by atoms with Gasteiger partial charge in [-0.25, -0.2) is 4.79 Å². The molecule has 19 heavy (non-hydrogen) atoms. The predicted octanol–water partition coefficient (Wildman–Crippen LogP) is 4.78. The van der Waals surface area contributed by atoms with Gasteiger partial charge in [0.15, 0.2) is 0 Å². The number of carbonyl (C=O) groups is 1. The third-order valence-corrected chi connectivity index (χ3v) is 3.99. The molecular weight excluding hydrogens is 306 g/mol. The minimum atomic E-state index is -0.909. The minimum absolute atomic E-state index is 0.295. The topological polar surface area (TPSA) is 49.3 Å².